The molecular weight excluding hydrogens is 326 g/mol. The fraction of sp³-hybridized carbons (Fsp3) is 0.955. The Balaban J connectivity index is 3.44. The first kappa shape index (κ1) is 25.4. The summed E-state index contributed by atoms with van der Waals surface area (Å²) in [6.45, 7) is 7.17. The van der Waals surface area contributed by atoms with Crippen molar-refractivity contribution in [1.29, 1.82) is 0 Å². The van der Waals surface area contributed by atoms with Crippen LogP contribution >= 0.6 is 0 Å². The van der Waals surface area contributed by atoms with Gasteiger partial charge in [0, 0.05) is 13.0 Å². The Kier molecular flexibility index (Phi) is 17.4. The Bertz CT molecular complexity index is 321. The number of aliphatic hydroxyl groups is 2. The lowest BCUT2D eigenvalue weighted by Crippen LogP contribution is -2.26. The second-order valence-corrected chi connectivity index (χ2v) is 8.20. The maximum Gasteiger partial charge on any atom is 0.220 e. The standard InChI is InChI=1S/C22H45NO3/c1-4-5-6-7-9-12-15-20(24)21(25)16-13-10-8-11-14-17-22(26)23-18-19(2)3/h19-21,24-25H,4-18H2,1-3H3,(H,23,26). The number of rotatable bonds is 18. The van der Waals surface area contributed by atoms with Gasteiger partial charge in [0.25, 0.3) is 0 Å². The van der Waals surface area contributed by atoms with E-state index in [1.54, 1.807) is 0 Å². The van der Waals surface area contributed by atoms with Crippen LogP contribution in [0.2, 0.25) is 0 Å². The molecular formula is C22H45NO3. The van der Waals surface area contributed by atoms with Gasteiger partial charge in [0.05, 0.1) is 12.2 Å². The van der Waals surface area contributed by atoms with Crippen molar-refractivity contribution in [3.63, 3.8) is 0 Å². The average Bonchev–Trinajstić information content (AvgIpc) is 2.61. The lowest BCUT2D eigenvalue weighted by molar-refractivity contribution is -0.121. The minimum atomic E-state index is -0.576. The van der Waals surface area contributed by atoms with Gasteiger partial charge in [-0.3, -0.25) is 4.79 Å². The summed E-state index contributed by atoms with van der Waals surface area (Å²) in [4.78, 5) is 11.6. The predicted molar refractivity (Wildman–Crippen MR) is 110 cm³/mol. The zero-order valence-electron chi connectivity index (χ0n) is 17.6. The first-order valence-electron chi connectivity index (χ1n) is 11.1. The lowest BCUT2D eigenvalue weighted by atomic mass is 9.99. The molecule has 0 heterocycles. The largest absolute Gasteiger partial charge is 0.390 e. The van der Waals surface area contributed by atoms with Crippen molar-refractivity contribution >= 4 is 5.91 Å². The normalized spacial score (nSPS) is 13.8. The molecule has 0 aliphatic heterocycles. The quantitative estimate of drug-likeness (QED) is 0.298. The second-order valence-electron chi connectivity index (χ2n) is 8.20. The van der Waals surface area contributed by atoms with Crippen LogP contribution in [-0.4, -0.2) is 34.9 Å². The van der Waals surface area contributed by atoms with Crippen molar-refractivity contribution in [1.82, 2.24) is 5.32 Å². The molecule has 0 spiro atoms. The van der Waals surface area contributed by atoms with Gasteiger partial charge in [-0.2, -0.15) is 0 Å². The van der Waals surface area contributed by atoms with E-state index in [1.165, 1.54) is 25.7 Å². The molecule has 0 saturated heterocycles. The SMILES string of the molecule is CCCCCCCCC(O)C(O)CCCCCCCC(=O)NCC(C)C. The molecule has 0 aromatic rings. The van der Waals surface area contributed by atoms with E-state index in [9.17, 15) is 15.0 Å². The fourth-order valence-corrected chi connectivity index (χ4v) is 3.09. The number of carbonyl (C=O) groups is 1. The van der Waals surface area contributed by atoms with E-state index < -0.39 is 12.2 Å². The van der Waals surface area contributed by atoms with Gasteiger partial charge < -0.3 is 15.5 Å². The van der Waals surface area contributed by atoms with Crippen molar-refractivity contribution in [2.45, 2.75) is 123 Å². The summed E-state index contributed by atoms with van der Waals surface area (Å²) in [5, 5.41) is 23.0. The van der Waals surface area contributed by atoms with Crippen LogP contribution in [0.15, 0.2) is 0 Å². The molecule has 0 rings (SSSR count). The molecule has 0 fully saturated rings. The van der Waals surface area contributed by atoms with Gasteiger partial charge in [-0.25, -0.2) is 0 Å². The van der Waals surface area contributed by atoms with Gasteiger partial charge >= 0.3 is 0 Å². The van der Waals surface area contributed by atoms with Gasteiger partial charge in [0.15, 0.2) is 0 Å². The monoisotopic (exact) mass is 371 g/mol. The minimum absolute atomic E-state index is 0.159. The molecule has 4 heteroatoms. The number of unbranched alkanes of at least 4 members (excludes halogenated alkanes) is 9. The van der Waals surface area contributed by atoms with Crippen LogP contribution in [0.3, 0.4) is 0 Å². The molecule has 1 amide bonds. The van der Waals surface area contributed by atoms with E-state index >= 15 is 0 Å². The highest BCUT2D eigenvalue weighted by Crippen LogP contribution is 2.15. The number of hydrogen-bond donors (Lipinski definition) is 3. The summed E-state index contributed by atoms with van der Waals surface area (Å²) in [6.07, 6.45) is 13.3. The summed E-state index contributed by atoms with van der Waals surface area (Å²) in [6, 6.07) is 0. The fourth-order valence-electron chi connectivity index (χ4n) is 3.09. The lowest BCUT2D eigenvalue weighted by Gasteiger charge is -2.17. The molecule has 26 heavy (non-hydrogen) atoms. The zero-order chi connectivity index (χ0) is 19.6. The number of nitrogens with one attached hydrogen (secondary N) is 1. The Hall–Kier alpha value is -0.610. The molecule has 0 saturated carbocycles. The number of aliphatic hydroxyl groups excluding tert-OH is 2. The van der Waals surface area contributed by atoms with Crippen LogP contribution in [0, 0.1) is 5.92 Å². The van der Waals surface area contributed by atoms with Crippen LogP contribution in [-0.2, 0) is 4.79 Å². The molecule has 156 valence electrons. The molecule has 0 aromatic carbocycles. The second kappa shape index (κ2) is 17.8. The maximum atomic E-state index is 11.6. The smallest absolute Gasteiger partial charge is 0.220 e. The molecule has 3 N–H and O–H groups in total. The van der Waals surface area contributed by atoms with E-state index in [2.05, 4.69) is 26.1 Å². The molecule has 4 nitrogen and oxygen atoms in total. The summed E-state index contributed by atoms with van der Waals surface area (Å²) >= 11 is 0. The van der Waals surface area contributed by atoms with Crippen LogP contribution < -0.4 is 5.32 Å². The number of amides is 1. The van der Waals surface area contributed by atoms with Gasteiger partial charge in [-0.15, -0.1) is 0 Å². The predicted octanol–water partition coefficient (Wildman–Crippen LogP) is 4.96. The third kappa shape index (κ3) is 16.8. The molecule has 0 aliphatic rings. The van der Waals surface area contributed by atoms with Gasteiger partial charge in [0.1, 0.15) is 0 Å². The van der Waals surface area contributed by atoms with Crippen molar-refractivity contribution in [2.75, 3.05) is 6.54 Å². The van der Waals surface area contributed by atoms with Crippen LogP contribution in [0.5, 0.6) is 0 Å². The maximum absolute atomic E-state index is 11.6. The van der Waals surface area contributed by atoms with Crippen molar-refractivity contribution in [2.24, 2.45) is 5.92 Å². The minimum Gasteiger partial charge on any atom is -0.390 e. The van der Waals surface area contributed by atoms with Crippen molar-refractivity contribution in [3.8, 4) is 0 Å². The Morgan fingerprint density at radius 1 is 0.769 bits per heavy atom. The van der Waals surface area contributed by atoms with E-state index in [0.717, 1.165) is 57.9 Å². The van der Waals surface area contributed by atoms with Crippen molar-refractivity contribution in [3.05, 3.63) is 0 Å². The van der Waals surface area contributed by atoms with E-state index in [1.807, 2.05) is 0 Å². The third-order valence-corrected chi connectivity index (χ3v) is 4.91. The molecule has 2 unspecified atom stereocenters. The molecule has 0 aromatic heterocycles. The van der Waals surface area contributed by atoms with Gasteiger partial charge in [-0.05, 0) is 25.2 Å². The van der Waals surface area contributed by atoms with Gasteiger partial charge in [0.2, 0.25) is 5.91 Å². The summed E-state index contributed by atoms with van der Waals surface area (Å²) in [7, 11) is 0. The average molecular weight is 372 g/mol. The van der Waals surface area contributed by atoms with Crippen LogP contribution in [0.4, 0.5) is 0 Å². The molecule has 0 bridgehead atoms. The first-order valence-corrected chi connectivity index (χ1v) is 11.1. The third-order valence-electron chi connectivity index (χ3n) is 4.91. The Morgan fingerprint density at radius 3 is 1.73 bits per heavy atom. The number of carbonyl (C=O) groups excluding carboxylic acids is 1. The molecule has 2 atom stereocenters. The Morgan fingerprint density at radius 2 is 1.23 bits per heavy atom. The van der Waals surface area contributed by atoms with Gasteiger partial charge in [-0.1, -0.05) is 85.0 Å². The van der Waals surface area contributed by atoms with Crippen LogP contribution in [0.1, 0.15) is 111 Å². The summed E-state index contributed by atoms with van der Waals surface area (Å²) < 4.78 is 0. The highest BCUT2D eigenvalue weighted by molar-refractivity contribution is 5.75. The van der Waals surface area contributed by atoms with E-state index in [4.69, 9.17) is 0 Å². The zero-order valence-corrected chi connectivity index (χ0v) is 17.6. The van der Waals surface area contributed by atoms with Crippen molar-refractivity contribution < 1.29 is 15.0 Å². The van der Waals surface area contributed by atoms with Crippen LogP contribution in [0.25, 0.3) is 0 Å². The Labute approximate surface area is 162 Å². The summed E-state index contributed by atoms with van der Waals surface area (Å²) in [5.74, 6) is 0.661. The first-order chi connectivity index (χ1) is 12.5. The highest BCUT2D eigenvalue weighted by Gasteiger charge is 2.15. The molecule has 0 aliphatic carbocycles. The summed E-state index contributed by atoms with van der Waals surface area (Å²) in [5.41, 5.74) is 0. The number of hydrogen-bond acceptors (Lipinski definition) is 3. The highest BCUT2D eigenvalue weighted by atomic mass is 16.3. The molecule has 0 radical (unpaired) electrons. The van der Waals surface area contributed by atoms with E-state index in [0.29, 0.717) is 18.8 Å². The van der Waals surface area contributed by atoms with E-state index in [-0.39, 0.29) is 5.91 Å². The topological polar surface area (TPSA) is 69.6 Å².